The maximum Gasteiger partial charge on any atom is 0.101 e. The second-order valence-corrected chi connectivity index (χ2v) is 5.36. The normalized spacial score (nSPS) is 11.2. The van der Waals surface area contributed by atoms with Gasteiger partial charge in [0.2, 0.25) is 0 Å². The molecular weight excluding hydrogens is 264 g/mol. The monoisotopic (exact) mass is 282 g/mol. The maximum absolute atomic E-state index is 9.26. The van der Waals surface area contributed by atoms with Crippen molar-refractivity contribution in [3.63, 3.8) is 0 Å². The minimum absolute atomic E-state index is 0.718. The minimum atomic E-state index is 0.718. The fourth-order valence-electron chi connectivity index (χ4n) is 2.13. The van der Waals surface area contributed by atoms with E-state index < -0.39 is 0 Å². The molecule has 1 aromatic carbocycles. The zero-order valence-corrected chi connectivity index (χ0v) is 12.7. The average Bonchev–Trinajstić information content (AvgIpc) is 3.01. The lowest BCUT2D eigenvalue weighted by atomic mass is 10.1. The van der Waals surface area contributed by atoms with Crippen molar-refractivity contribution in [2.24, 2.45) is 0 Å². The molecule has 20 heavy (non-hydrogen) atoms. The molecule has 0 saturated carbocycles. The van der Waals surface area contributed by atoms with E-state index >= 15 is 0 Å². The van der Waals surface area contributed by atoms with Gasteiger partial charge in [0.1, 0.15) is 6.07 Å². The van der Waals surface area contributed by atoms with Crippen LogP contribution in [0.25, 0.3) is 11.6 Å². The SMILES string of the molecule is CCN(CC)c1ccc(/C=C(\C#N)c2cccs2)cc1. The van der Waals surface area contributed by atoms with Crippen molar-refractivity contribution in [1.29, 1.82) is 5.26 Å². The van der Waals surface area contributed by atoms with Gasteiger partial charge in [-0.1, -0.05) is 18.2 Å². The summed E-state index contributed by atoms with van der Waals surface area (Å²) >= 11 is 1.59. The van der Waals surface area contributed by atoms with Gasteiger partial charge in [-0.3, -0.25) is 0 Å². The van der Waals surface area contributed by atoms with Crippen LogP contribution in [0.1, 0.15) is 24.3 Å². The molecule has 0 amide bonds. The highest BCUT2D eigenvalue weighted by Gasteiger charge is 2.03. The molecule has 0 atom stereocenters. The summed E-state index contributed by atoms with van der Waals surface area (Å²) in [5, 5.41) is 11.2. The lowest BCUT2D eigenvalue weighted by molar-refractivity contribution is 0.866. The van der Waals surface area contributed by atoms with Crippen LogP contribution in [-0.4, -0.2) is 13.1 Å². The molecule has 2 aromatic rings. The Labute approximate surface area is 124 Å². The van der Waals surface area contributed by atoms with Crippen LogP contribution in [0.15, 0.2) is 41.8 Å². The molecule has 0 aliphatic heterocycles. The molecule has 0 unspecified atom stereocenters. The summed E-state index contributed by atoms with van der Waals surface area (Å²) in [6.07, 6.45) is 1.94. The van der Waals surface area contributed by atoms with Crippen molar-refractivity contribution in [2.45, 2.75) is 13.8 Å². The molecule has 0 aliphatic rings. The van der Waals surface area contributed by atoms with E-state index in [2.05, 4.69) is 49.1 Å². The lowest BCUT2D eigenvalue weighted by Crippen LogP contribution is -2.21. The van der Waals surface area contributed by atoms with Crippen LogP contribution >= 0.6 is 11.3 Å². The number of nitrogens with zero attached hydrogens (tertiary/aromatic N) is 2. The Hall–Kier alpha value is -2.05. The summed E-state index contributed by atoms with van der Waals surface area (Å²) < 4.78 is 0. The highest BCUT2D eigenvalue weighted by atomic mass is 32.1. The molecule has 0 radical (unpaired) electrons. The number of hydrogen-bond acceptors (Lipinski definition) is 3. The molecule has 102 valence electrons. The molecule has 1 aromatic heterocycles. The number of benzene rings is 1. The van der Waals surface area contributed by atoms with Gasteiger partial charge in [0.25, 0.3) is 0 Å². The third kappa shape index (κ3) is 3.28. The third-order valence-corrected chi connectivity index (χ3v) is 4.14. The van der Waals surface area contributed by atoms with Gasteiger partial charge in [0, 0.05) is 23.7 Å². The van der Waals surface area contributed by atoms with Crippen LogP contribution in [0.2, 0.25) is 0 Å². The summed E-state index contributed by atoms with van der Waals surface area (Å²) in [6.45, 7) is 6.32. The Kier molecular flexibility index (Phi) is 4.97. The Balaban J connectivity index is 2.24. The van der Waals surface area contributed by atoms with Gasteiger partial charge in [0.15, 0.2) is 0 Å². The van der Waals surface area contributed by atoms with Gasteiger partial charge >= 0.3 is 0 Å². The van der Waals surface area contributed by atoms with Crippen LogP contribution < -0.4 is 4.90 Å². The molecule has 0 bridgehead atoms. The average molecular weight is 282 g/mol. The third-order valence-electron chi connectivity index (χ3n) is 3.24. The molecular formula is C17H18N2S. The van der Waals surface area contributed by atoms with Gasteiger partial charge in [-0.05, 0) is 49.1 Å². The van der Waals surface area contributed by atoms with Gasteiger partial charge in [0.05, 0.1) is 5.57 Å². The summed E-state index contributed by atoms with van der Waals surface area (Å²) in [6, 6.07) is 14.6. The second kappa shape index (κ2) is 6.93. The van der Waals surface area contributed by atoms with Gasteiger partial charge < -0.3 is 4.90 Å². The van der Waals surface area contributed by atoms with E-state index in [-0.39, 0.29) is 0 Å². The smallest absolute Gasteiger partial charge is 0.101 e. The van der Waals surface area contributed by atoms with E-state index in [4.69, 9.17) is 0 Å². The number of hydrogen-bond donors (Lipinski definition) is 0. The second-order valence-electron chi connectivity index (χ2n) is 4.41. The summed E-state index contributed by atoms with van der Waals surface area (Å²) in [5.74, 6) is 0. The van der Waals surface area contributed by atoms with Crippen molar-refractivity contribution in [3.05, 3.63) is 52.2 Å². The molecule has 2 rings (SSSR count). The number of anilines is 1. The highest BCUT2D eigenvalue weighted by molar-refractivity contribution is 7.11. The van der Waals surface area contributed by atoms with Crippen LogP contribution in [0, 0.1) is 11.3 Å². The predicted octanol–water partition coefficient (Wildman–Crippen LogP) is 4.66. The Morgan fingerprint density at radius 3 is 2.40 bits per heavy atom. The van der Waals surface area contributed by atoms with E-state index in [0.29, 0.717) is 0 Å². The fourth-order valence-corrected chi connectivity index (χ4v) is 2.82. The number of thiophene rings is 1. The van der Waals surface area contributed by atoms with E-state index in [0.717, 1.165) is 29.1 Å². The van der Waals surface area contributed by atoms with Crippen LogP contribution in [0.3, 0.4) is 0 Å². The molecule has 3 heteroatoms. The van der Waals surface area contributed by atoms with Crippen LogP contribution in [0.5, 0.6) is 0 Å². The number of allylic oxidation sites excluding steroid dienone is 1. The maximum atomic E-state index is 9.26. The van der Waals surface area contributed by atoms with Crippen LogP contribution in [-0.2, 0) is 0 Å². The molecule has 0 saturated heterocycles. The lowest BCUT2D eigenvalue weighted by Gasteiger charge is -2.20. The van der Waals surface area contributed by atoms with E-state index in [9.17, 15) is 5.26 Å². The summed E-state index contributed by atoms with van der Waals surface area (Å²) in [4.78, 5) is 3.32. The number of nitriles is 1. The van der Waals surface area contributed by atoms with E-state index in [1.165, 1.54) is 5.69 Å². The molecule has 0 N–H and O–H groups in total. The number of rotatable bonds is 5. The van der Waals surface area contributed by atoms with Gasteiger partial charge in [-0.15, -0.1) is 11.3 Å². The highest BCUT2D eigenvalue weighted by Crippen LogP contribution is 2.23. The first-order valence-electron chi connectivity index (χ1n) is 6.79. The molecule has 0 spiro atoms. The Morgan fingerprint density at radius 2 is 1.90 bits per heavy atom. The van der Waals surface area contributed by atoms with Gasteiger partial charge in [-0.25, -0.2) is 0 Å². The van der Waals surface area contributed by atoms with Crippen molar-refractivity contribution >= 4 is 28.7 Å². The van der Waals surface area contributed by atoms with Crippen molar-refractivity contribution in [3.8, 4) is 6.07 Å². The fraction of sp³-hybridized carbons (Fsp3) is 0.235. The predicted molar refractivity (Wildman–Crippen MR) is 87.8 cm³/mol. The first-order valence-corrected chi connectivity index (χ1v) is 7.67. The zero-order valence-electron chi connectivity index (χ0n) is 11.8. The Bertz CT molecular complexity index is 599. The minimum Gasteiger partial charge on any atom is -0.372 e. The molecule has 1 heterocycles. The summed E-state index contributed by atoms with van der Waals surface area (Å²) in [7, 11) is 0. The first-order chi connectivity index (χ1) is 9.78. The standard InChI is InChI=1S/C17H18N2S/c1-3-19(4-2)16-9-7-14(8-10-16)12-15(13-18)17-6-5-11-20-17/h5-12H,3-4H2,1-2H3/b15-12+. The molecule has 2 nitrogen and oxygen atoms in total. The Morgan fingerprint density at radius 1 is 1.20 bits per heavy atom. The topological polar surface area (TPSA) is 27.0 Å². The van der Waals surface area contributed by atoms with Crippen molar-refractivity contribution in [2.75, 3.05) is 18.0 Å². The van der Waals surface area contributed by atoms with Crippen molar-refractivity contribution in [1.82, 2.24) is 0 Å². The first kappa shape index (κ1) is 14.4. The van der Waals surface area contributed by atoms with Gasteiger partial charge in [-0.2, -0.15) is 5.26 Å². The quantitative estimate of drug-likeness (QED) is 0.746. The largest absolute Gasteiger partial charge is 0.372 e. The summed E-state index contributed by atoms with van der Waals surface area (Å²) in [5.41, 5.74) is 3.00. The zero-order chi connectivity index (χ0) is 14.4. The van der Waals surface area contributed by atoms with Crippen molar-refractivity contribution < 1.29 is 0 Å². The van der Waals surface area contributed by atoms with E-state index in [1.54, 1.807) is 11.3 Å². The van der Waals surface area contributed by atoms with E-state index in [1.807, 2.05) is 23.6 Å². The molecule has 0 aliphatic carbocycles. The van der Waals surface area contributed by atoms with Crippen LogP contribution in [0.4, 0.5) is 5.69 Å². The molecule has 0 fully saturated rings.